The molecule has 0 fully saturated rings. The van der Waals surface area contributed by atoms with E-state index in [1.165, 1.54) is 0 Å². The number of aromatic nitrogens is 4. The van der Waals surface area contributed by atoms with Gasteiger partial charge >= 0.3 is 0 Å². The van der Waals surface area contributed by atoms with E-state index < -0.39 is 0 Å². The standard InChI is InChI=1S/C24H19N5O2S/c30-22(11-5-10-21-26-17-7-2-1-6-16(17)23(31)29-21)28-20-13-12-15(14-25-20)24-27-18-8-3-4-9-19(18)32-24/h1-4,6-9,12-14H,5,10-11H2,(H,25,28,30)(H,26,29,31). The monoisotopic (exact) mass is 441 g/mol. The zero-order valence-electron chi connectivity index (χ0n) is 17.0. The fraction of sp³-hybridized carbons (Fsp3) is 0.125. The SMILES string of the molecule is O=C(CCCc1nc2ccccc2c(=O)[nH]1)Nc1ccc(-c2nc3ccccc3s2)cn1. The lowest BCUT2D eigenvalue weighted by atomic mass is 10.2. The third-order valence-corrected chi connectivity index (χ3v) is 6.14. The van der Waals surface area contributed by atoms with Crippen molar-refractivity contribution >= 4 is 44.2 Å². The lowest BCUT2D eigenvalue weighted by Gasteiger charge is -2.05. The molecule has 5 aromatic rings. The Morgan fingerprint density at radius 1 is 0.969 bits per heavy atom. The van der Waals surface area contributed by atoms with Crippen LogP contribution in [0.5, 0.6) is 0 Å². The quantitative estimate of drug-likeness (QED) is 0.402. The number of H-pyrrole nitrogens is 1. The predicted molar refractivity (Wildman–Crippen MR) is 127 cm³/mol. The van der Waals surface area contributed by atoms with Crippen LogP contribution >= 0.6 is 11.3 Å². The molecule has 2 N–H and O–H groups in total. The van der Waals surface area contributed by atoms with Crippen LogP contribution in [-0.4, -0.2) is 25.8 Å². The van der Waals surface area contributed by atoms with Gasteiger partial charge in [0.1, 0.15) is 16.6 Å². The number of pyridine rings is 1. The summed E-state index contributed by atoms with van der Waals surface area (Å²) in [5.74, 6) is 0.949. The number of hydrogen-bond acceptors (Lipinski definition) is 6. The van der Waals surface area contributed by atoms with Crippen LogP contribution in [0.2, 0.25) is 0 Å². The Kier molecular flexibility index (Phi) is 5.43. The molecule has 2 aromatic carbocycles. The van der Waals surface area contributed by atoms with Crippen molar-refractivity contribution in [3.63, 3.8) is 0 Å². The summed E-state index contributed by atoms with van der Waals surface area (Å²) in [6.45, 7) is 0. The Labute approximate surface area is 187 Å². The minimum absolute atomic E-state index is 0.131. The van der Waals surface area contributed by atoms with Crippen LogP contribution in [0.3, 0.4) is 0 Å². The summed E-state index contributed by atoms with van der Waals surface area (Å²) < 4.78 is 1.13. The maximum atomic E-state index is 12.3. The lowest BCUT2D eigenvalue weighted by molar-refractivity contribution is -0.116. The van der Waals surface area contributed by atoms with E-state index in [0.29, 0.717) is 41.8 Å². The molecule has 32 heavy (non-hydrogen) atoms. The van der Waals surface area contributed by atoms with Crippen molar-refractivity contribution in [2.45, 2.75) is 19.3 Å². The predicted octanol–water partition coefficient (Wildman–Crippen LogP) is 4.56. The largest absolute Gasteiger partial charge is 0.311 e. The average Bonchev–Trinajstić information content (AvgIpc) is 3.24. The summed E-state index contributed by atoms with van der Waals surface area (Å²) in [5.41, 5.74) is 2.38. The number of anilines is 1. The second-order valence-electron chi connectivity index (χ2n) is 7.35. The Balaban J connectivity index is 1.18. The molecule has 8 heteroatoms. The van der Waals surface area contributed by atoms with Crippen LogP contribution in [0.1, 0.15) is 18.7 Å². The van der Waals surface area contributed by atoms with Crippen LogP contribution < -0.4 is 10.9 Å². The molecule has 3 aromatic heterocycles. The van der Waals surface area contributed by atoms with Gasteiger partial charge in [0.15, 0.2) is 0 Å². The highest BCUT2D eigenvalue weighted by Crippen LogP contribution is 2.29. The van der Waals surface area contributed by atoms with Gasteiger partial charge in [-0.05, 0) is 42.8 Å². The van der Waals surface area contributed by atoms with Gasteiger partial charge in [0.2, 0.25) is 5.91 Å². The molecular formula is C24H19N5O2S. The maximum absolute atomic E-state index is 12.3. The van der Waals surface area contributed by atoms with E-state index in [4.69, 9.17) is 0 Å². The number of hydrogen-bond donors (Lipinski definition) is 2. The fourth-order valence-corrected chi connectivity index (χ4v) is 4.42. The highest BCUT2D eigenvalue weighted by molar-refractivity contribution is 7.21. The Bertz CT molecular complexity index is 1440. The number of para-hydroxylation sites is 2. The highest BCUT2D eigenvalue weighted by Gasteiger charge is 2.09. The van der Waals surface area contributed by atoms with E-state index in [9.17, 15) is 9.59 Å². The van der Waals surface area contributed by atoms with Gasteiger partial charge in [0.05, 0.1) is 21.1 Å². The van der Waals surface area contributed by atoms with E-state index in [2.05, 4.69) is 25.3 Å². The van der Waals surface area contributed by atoms with Crippen LogP contribution in [0, 0.1) is 0 Å². The van der Waals surface area contributed by atoms with Gasteiger partial charge < -0.3 is 10.3 Å². The molecule has 0 aliphatic rings. The van der Waals surface area contributed by atoms with E-state index in [0.717, 1.165) is 20.8 Å². The maximum Gasteiger partial charge on any atom is 0.258 e. The molecule has 7 nitrogen and oxygen atoms in total. The van der Waals surface area contributed by atoms with Crippen molar-refractivity contribution in [3.8, 4) is 10.6 Å². The van der Waals surface area contributed by atoms with Crippen molar-refractivity contribution in [1.29, 1.82) is 0 Å². The normalized spacial score (nSPS) is 11.1. The number of amides is 1. The molecule has 0 saturated heterocycles. The zero-order valence-corrected chi connectivity index (χ0v) is 17.9. The summed E-state index contributed by atoms with van der Waals surface area (Å²) in [6.07, 6.45) is 3.10. The lowest BCUT2D eigenvalue weighted by Crippen LogP contribution is -2.14. The number of benzene rings is 2. The van der Waals surface area contributed by atoms with E-state index in [1.807, 2.05) is 48.5 Å². The zero-order chi connectivity index (χ0) is 21.9. The first-order chi connectivity index (χ1) is 15.7. The van der Waals surface area contributed by atoms with Gasteiger partial charge in [-0.25, -0.2) is 15.0 Å². The second kappa shape index (κ2) is 8.68. The average molecular weight is 442 g/mol. The van der Waals surface area contributed by atoms with Crippen molar-refractivity contribution < 1.29 is 4.79 Å². The second-order valence-corrected chi connectivity index (χ2v) is 8.38. The number of aromatic amines is 1. The van der Waals surface area contributed by atoms with Crippen LogP contribution in [-0.2, 0) is 11.2 Å². The molecule has 0 bridgehead atoms. The number of carbonyl (C=O) groups is 1. The molecule has 5 rings (SSSR count). The van der Waals surface area contributed by atoms with Gasteiger partial charge in [-0.2, -0.15) is 0 Å². The number of rotatable bonds is 6. The Hall–Kier alpha value is -3.91. The molecule has 3 heterocycles. The number of thiazole rings is 1. The number of carbonyl (C=O) groups excluding carboxylic acids is 1. The molecule has 0 radical (unpaired) electrons. The Morgan fingerprint density at radius 3 is 2.59 bits per heavy atom. The van der Waals surface area contributed by atoms with Gasteiger partial charge in [-0.3, -0.25) is 9.59 Å². The first-order valence-corrected chi connectivity index (χ1v) is 11.1. The molecule has 0 aliphatic carbocycles. The Morgan fingerprint density at radius 2 is 1.78 bits per heavy atom. The topological polar surface area (TPSA) is 101 Å². The molecular weight excluding hydrogens is 422 g/mol. The third-order valence-electron chi connectivity index (χ3n) is 5.05. The van der Waals surface area contributed by atoms with Crippen LogP contribution in [0.4, 0.5) is 5.82 Å². The number of nitrogens with one attached hydrogen (secondary N) is 2. The fourth-order valence-electron chi connectivity index (χ4n) is 3.47. The van der Waals surface area contributed by atoms with Crippen molar-refractivity contribution in [1.82, 2.24) is 19.9 Å². The molecule has 0 atom stereocenters. The summed E-state index contributed by atoms with van der Waals surface area (Å²) >= 11 is 1.61. The van der Waals surface area contributed by atoms with Gasteiger partial charge in [0.25, 0.3) is 5.56 Å². The van der Waals surface area contributed by atoms with Crippen molar-refractivity contribution in [2.75, 3.05) is 5.32 Å². The van der Waals surface area contributed by atoms with Gasteiger partial charge in [-0.15, -0.1) is 11.3 Å². The molecule has 0 unspecified atom stereocenters. The summed E-state index contributed by atoms with van der Waals surface area (Å²) in [7, 11) is 0. The minimum atomic E-state index is -0.160. The molecule has 0 saturated carbocycles. The summed E-state index contributed by atoms with van der Waals surface area (Å²) in [4.78, 5) is 40.7. The van der Waals surface area contributed by atoms with E-state index in [1.54, 1.807) is 29.7 Å². The molecule has 1 amide bonds. The smallest absolute Gasteiger partial charge is 0.258 e. The summed E-state index contributed by atoms with van der Waals surface area (Å²) in [5, 5.41) is 4.28. The van der Waals surface area contributed by atoms with Crippen molar-refractivity contribution in [3.05, 3.63) is 83.0 Å². The number of aryl methyl sites for hydroxylation is 1. The third kappa shape index (κ3) is 4.26. The van der Waals surface area contributed by atoms with Gasteiger partial charge in [-0.1, -0.05) is 24.3 Å². The van der Waals surface area contributed by atoms with Crippen LogP contribution in [0.25, 0.3) is 31.7 Å². The molecule has 0 spiro atoms. The highest BCUT2D eigenvalue weighted by atomic mass is 32.1. The first kappa shape index (κ1) is 20.0. The first-order valence-electron chi connectivity index (χ1n) is 10.3. The molecule has 0 aliphatic heterocycles. The van der Waals surface area contributed by atoms with Gasteiger partial charge in [0, 0.05) is 24.6 Å². The van der Waals surface area contributed by atoms with Crippen LogP contribution in [0.15, 0.2) is 71.7 Å². The van der Waals surface area contributed by atoms with Crippen molar-refractivity contribution in [2.24, 2.45) is 0 Å². The summed E-state index contributed by atoms with van der Waals surface area (Å²) in [6, 6.07) is 18.9. The number of fused-ring (bicyclic) bond motifs is 2. The van der Waals surface area contributed by atoms with E-state index in [-0.39, 0.29) is 11.5 Å². The molecule has 158 valence electrons. The number of nitrogens with zero attached hydrogens (tertiary/aromatic N) is 3. The minimum Gasteiger partial charge on any atom is -0.311 e. The van der Waals surface area contributed by atoms with E-state index >= 15 is 0 Å².